The summed E-state index contributed by atoms with van der Waals surface area (Å²) in [6, 6.07) is 1.69. The number of nitriles is 1. The molecule has 0 aromatic carbocycles. The lowest BCUT2D eigenvalue weighted by atomic mass is 10.2. The van der Waals surface area contributed by atoms with Gasteiger partial charge in [-0.05, 0) is 18.4 Å². The number of aliphatic hydroxyl groups is 2. The third-order valence-electron chi connectivity index (χ3n) is 1.61. The molecular weight excluding hydrogens is 224 g/mol. The zero-order valence-electron chi connectivity index (χ0n) is 9.83. The van der Waals surface area contributed by atoms with Crippen LogP contribution in [-0.2, 0) is 9.53 Å². The number of nitrogens with zero attached hydrogens (tertiary/aromatic N) is 2. The maximum atomic E-state index is 11.3. The number of aliphatic hydroxyl groups excluding tert-OH is 2. The van der Waals surface area contributed by atoms with Crippen LogP contribution >= 0.6 is 0 Å². The van der Waals surface area contributed by atoms with Gasteiger partial charge in [-0.15, -0.1) is 0 Å². The second-order valence-electron chi connectivity index (χ2n) is 3.43. The lowest BCUT2D eigenvalue weighted by Crippen LogP contribution is -2.22. The molecular formula is C11H16N2O4. The molecule has 6 nitrogen and oxygen atoms in total. The van der Waals surface area contributed by atoms with Crippen LogP contribution in [0.3, 0.4) is 0 Å². The van der Waals surface area contributed by atoms with Gasteiger partial charge in [0.1, 0.15) is 24.4 Å². The largest absolute Gasteiger partial charge is 0.459 e. The highest BCUT2D eigenvalue weighted by atomic mass is 16.5. The fraction of sp³-hybridized carbons (Fsp3) is 0.455. The Balaban J connectivity index is 4.37. The SMILES string of the molecule is CN(C)/C=C/C=C(\C#N)C(=O)OCC(O)CO. The predicted octanol–water partition coefficient (Wildman–Crippen LogP) is -0.592. The first-order valence-electron chi connectivity index (χ1n) is 4.92. The van der Waals surface area contributed by atoms with Gasteiger partial charge in [-0.1, -0.05) is 0 Å². The number of hydrogen-bond acceptors (Lipinski definition) is 6. The van der Waals surface area contributed by atoms with E-state index < -0.39 is 18.7 Å². The predicted molar refractivity (Wildman–Crippen MR) is 60.6 cm³/mol. The molecule has 0 aromatic rings. The molecule has 0 amide bonds. The van der Waals surface area contributed by atoms with Crippen LogP contribution in [0.25, 0.3) is 0 Å². The van der Waals surface area contributed by atoms with E-state index in [4.69, 9.17) is 15.5 Å². The van der Waals surface area contributed by atoms with E-state index in [0.29, 0.717) is 0 Å². The Morgan fingerprint density at radius 2 is 2.24 bits per heavy atom. The summed E-state index contributed by atoms with van der Waals surface area (Å²) in [6.45, 7) is -0.842. The van der Waals surface area contributed by atoms with E-state index in [1.165, 1.54) is 12.2 Å². The molecule has 0 heterocycles. The molecule has 94 valence electrons. The summed E-state index contributed by atoms with van der Waals surface area (Å²) >= 11 is 0. The number of ether oxygens (including phenoxy) is 1. The lowest BCUT2D eigenvalue weighted by molar-refractivity contribution is -0.142. The first kappa shape index (κ1) is 15.2. The third-order valence-corrected chi connectivity index (χ3v) is 1.61. The van der Waals surface area contributed by atoms with E-state index in [0.717, 1.165) is 0 Å². The smallest absolute Gasteiger partial charge is 0.348 e. The number of carbonyl (C=O) groups excluding carboxylic acids is 1. The van der Waals surface area contributed by atoms with Crippen molar-refractivity contribution in [3.05, 3.63) is 23.9 Å². The Morgan fingerprint density at radius 1 is 1.59 bits per heavy atom. The van der Waals surface area contributed by atoms with Gasteiger partial charge in [-0.3, -0.25) is 0 Å². The summed E-state index contributed by atoms with van der Waals surface area (Å²) in [5.74, 6) is -0.830. The van der Waals surface area contributed by atoms with Crippen LogP contribution in [0.1, 0.15) is 0 Å². The minimum Gasteiger partial charge on any atom is -0.459 e. The molecule has 1 atom stereocenters. The van der Waals surface area contributed by atoms with Gasteiger partial charge >= 0.3 is 5.97 Å². The molecule has 1 unspecified atom stereocenters. The fourth-order valence-electron chi connectivity index (χ4n) is 0.765. The fourth-order valence-corrected chi connectivity index (χ4v) is 0.765. The maximum Gasteiger partial charge on any atom is 0.348 e. The zero-order chi connectivity index (χ0) is 13.3. The van der Waals surface area contributed by atoms with E-state index in [1.54, 1.807) is 31.3 Å². The quantitative estimate of drug-likeness (QED) is 0.279. The van der Waals surface area contributed by atoms with Crippen molar-refractivity contribution in [1.82, 2.24) is 4.90 Å². The Morgan fingerprint density at radius 3 is 2.71 bits per heavy atom. The molecule has 0 saturated carbocycles. The van der Waals surface area contributed by atoms with Crippen LogP contribution in [0.5, 0.6) is 0 Å². The molecule has 2 N–H and O–H groups in total. The van der Waals surface area contributed by atoms with Gasteiger partial charge in [0.2, 0.25) is 0 Å². The summed E-state index contributed by atoms with van der Waals surface area (Å²) in [5, 5.41) is 26.2. The minimum absolute atomic E-state index is 0.173. The van der Waals surface area contributed by atoms with E-state index >= 15 is 0 Å². The molecule has 0 aliphatic rings. The van der Waals surface area contributed by atoms with Crippen molar-refractivity contribution in [2.45, 2.75) is 6.10 Å². The van der Waals surface area contributed by atoms with Gasteiger partial charge in [0.25, 0.3) is 0 Å². The lowest BCUT2D eigenvalue weighted by Gasteiger charge is -2.07. The standard InChI is InChI=1S/C11H16N2O4/c1-13(2)5-3-4-9(6-12)11(16)17-8-10(15)7-14/h3-5,10,14-15H,7-8H2,1-2H3/b5-3+,9-4+. The Labute approximate surface area is 100 Å². The third kappa shape index (κ3) is 7.11. The van der Waals surface area contributed by atoms with Crippen LogP contribution in [0, 0.1) is 11.3 Å². The highest BCUT2D eigenvalue weighted by Gasteiger charge is 2.11. The number of carbonyl (C=O) groups is 1. The number of hydrogen-bond donors (Lipinski definition) is 2. The van der Waals surface area contributed by atoms with Crippen LogP contribution < -0.4 is 0 Å². The zero-order valence-corrected chi connectivity index (χ0v) is 9.83. The van der Waals surface area contributed by atoms with E-state index in [2.05, 4.69) is 4.74 Å². The number of allylic oxidation sites excluding steroid dienone is 2. The molecule has 0 spiro atoms. The molecule has 0 radical (unpaired) electrons. The first-order chi connectivity index (χ1) is 8.01. The summed E-state index contributed by atoms with van der Waals surface area (Å²) in [5.41, 5.74) is -0.173. The molecule has 0 bridgehead atoms. The van der Waals surface area contributed by atoms with Crippen LogP contribution in [0.4, 0.5) is 0 Å². The van der Waals surface area contributed by atoms with E-state index in [9.17, 15) is 4.79 Å². The molecule has 0 saturated heterocycles. The second kappa shape index (κ2) is 8.33. The molecule has 0 aliphatic heterocycles. The van der Waals surface area contributed by atoms with Gasteiger partial charge in [0, 0.05) is 14.1 Å². The second-order valence-corrected chi connectivity index (χ2v) is 3.43. The van der Waals surface area contributed by atoms with Crippen molar-refractivity contribution >= 4 is 5.97 Å². The van der Waals surface area contributed by atoms with Gasteiger partial charge < -0.3 is 19.8 Å². The molecule has 0 aromatic heterocycles. The molecule has 0 rings (SSSR count). The van der Waals surface area contributed by atoms with Crippen molar-refractivity contribution in [1.29, 1.82) is 5.26 Å². The Hall–Kier alpha value is -1.84. The van der Waals surface area contributed by atoms with Gasteiger partial charge in [0.15, 0.2) is 0 Å². The summed E-state index contributed by atoms with van der Waals surface area (Å²) < 4.78 is 4.62. The van der Waals surface area contributed by atoms with Crippen molar-refractivity contribution in [2.75, 3.05) is 27.3 Å². The van der Waals surface area contributed by atoms with Crippen LogP contribution in [0.2, 0.25) is 0 Å². The van der Waals surface area contributed by atoms with Gasteiger partial charge in [0.05, 0.1) is 6.61 Å². The van der Waals surface area contributed by atoms with Gasteiger partial charge in [-0.2, -0.15) is 5.26 Å². The topological polar surface area (TPSA) is 93.8 Å². The average Bonchev–Trinajstić information content (AvgIpc) is 2.30. The van der Waals surface area contributed by atoms with Crippen LogP contribution in [-0.4, -0.2) is 54.5 Å². The summed E-state index contributed by atoms with van der Waals surface area (Å²) in [6.07, 6.45) is 3.37. The van der Waals surface area contributed by atoms with E-state index in [1.807, 2.05) is 0 Å². The first-order valence-corrected chi connectivity index (χ1v) is 4.92. The minimum atomic E-state index is -1.13. The van der Waals surface area contributed by atoms with Crippen LogP contribution in [0.15, 0.2) is 23.9 Å². The maximum absolute atomic E-state index is 11.3. The van der Waals surface area contributed by atoms with E-state index in [-0.39, 0.29) is 12.2 Å². The normalized spacial score (nSPS) is 13.2. The van der Waals surface area contributed by atoms with Crippen molar-refractivity contribution in [2.24, 2.45) is 0 Å². The Bertz CT molecular complexity index is 342. The Kier molecular flexibility index (Phi) is 7.43. The molecule has 17 heavy (non-hydrogen) atoms. The number of rotatable bonds is 6. The number of esters is 1. The summed E-state index contributed by atoms with van der Waals surface area (Å²) in [7, 11) is 3.60. The monoisotopic (exact) mass is 240 g/mol. The molecule has 0 aliphatic carbocycles. The van der Waals surface area contributed by atoms with Gasteiger partial charge in [-0.25, -0.2) is 4.79 Å². The molecule has 0 fully saturated rings. The van der Waals surface area contributed by atoms with Crippen molar-refractivity contribution < 1.29 is 19.7 Å². The molecule has 6 heteroatoms. The summed E-state index contributed by atoms with van der Waals surface area (Å²) in [4.78, 5) is 13.1. The average molecular weight is 240 g/mol. The highest BCUT2D eigenvalue weighted by Crippen LogP contribution is 1.98. The highest BCUT2D eigenvalue weighted by molar-refractivity contribution is 5.93. The van der Waals surface area contributed by atoms with Crippen molar-refractivity contribution in [3.63, 3.8) is 0 Å². The van der Waals surface area contributed by atoms with Crippen molar-refractivity contribution in [3.8, 4) is 6.07 Å².